The van der Waals surface area contributed by atoms with Gasteiger partial charge in [0.15, 0.2) is 0 Å². The second kappa shape index (κ2) is 6.84. The Morgan fingerprint density at radius 1 is 0.514 bits per heavy atom. The van der Waals surface area contributed by atoms with E-state index in [2.05, 4.69) is 60.8 Å². The van der Waals surface area contributed by atoms with Crippen LogP contribution in [0.5, 0.6) is 0 Å². The molecule has 0 atom stereocenters. The Kier molecular flexibility index (Phi) is 3.63. The number of hydrogen-bond donors (Lipinski definition) is 0. The van der Waals surface area contributed by atoms with E-state index in [1.807, 2.05) is 53.1 Å². The molecule has 4 aromatic carbocycles. The number of para-hydroxylation sites is 1. The van der Waals surface area contributed by atoms with Crippen molar-refractivity contribution in [2.24, 2.45) is 0 Å². The predicted molar refractivity (Wildman–Crippen MR) is 141 cm³/mol. The first kappa shape index (κ1) is 18.6. The van der Waals surface area contributed by atoms with Crippen LogP contribution in [0.4, 0.5) is 0 Å². The number of imidazole rings is 1. The van der Waals surface area contributed by atoms with Crippen LogP contribution in [0, 0.1) is 0 Å². The lowest BCUT2D eigenvalue weighted by Gasteiger charge is -2.03. The average molecular weight is 450 g/mol. The molecule has 0 bridgehead atoms. The summed E-state index contributed by atoms with van der Waals surface area (Å²) in [5, 5.41) is 4.44. The third kappa shape index (κ3) is 2.77. The van der Waals surface area contributed by atoms with Gasteiger partial charge in [-0.05, 0) is 47.5 Å². The SMILES string of the molecule is c1ccc2c(c1)oc1cc3oc4ccc(-c5ccc(-c6cn7ccccc7n6)cc5)cc4c3cc12. The quantitative estimate of drug-likeness (QED) is 0.265. The molecule has 8 rings (SSSR count). The third-order valence-electron chi connectivity index (χ3n) is 6.85. The molecule has 4 nitrogen and oxygen atoms in total. The Morgan fingerprint density at radius 3 is 2.06 bits per heavy atom. The van der Waals surface area contributed by atoms with E-state index in [0.717, 1.165) is 71.9 Å². The molecule has 8 aromatic rings. The van der Waals surface area contributed by atoms with Gasteiger partial charge in [0, 0.05) is 45.6 Å². The van der Waals surface area contributed by atoms with Gasteiger partial charge in [-0.2, -0.15) is 0 Å². The van der Waals surface area contributed by atoms with Gasteiger partial charge in [0.1, 0.15) is 28.0 Å². The molecular formula is C31H18N2O2. The Hall–Kier alpha value is -4.83. The standard InChI is InChI=1S/C31H18N2O2/c1-2-6-27-22(5-1)24-16-25-23-15-21(12-13-28(23)35-30(25)17-29(24)34-27)19-8-10-20(11-9-19)26-18-33-14-4-3-7-31(33)32-26/h1-18H. The second-order valence-corrected chi connectivity index (χ2v) is 8.93. The van der Waals surface area contributed by atoms with Gasteiger partial charge in [-0.3, -0.25) is 0 Å². The van der Waals surface area contributed by atoms with E-state index < -0.39 is 0 Å². The Labute approximate surface area is 199 Å². The Morgan fingerprint density at radius 2 is 1.20 bits per heavy atom. The summed E-state index contributed by atoms with van der Waals surface area (Å²) in [5.41, 5.74) is 8.78. The highest BCUT2D eigenvalue weighted by Gasteiger charge is 2.14. The van der Waals surface area contributed by atoms with Crippen molar-refractivity contribution < 1.29 is 8.83 Å². The van der Waals surface area contributed by atoms with E-state index in [1.165, 1.54) is 0 Å². The molecule has 4 heteroatoms. The molecule has 0 aliphatic carbocycles. The van der Waals surface area contributed by atoms with Crippen LogP contribution < -0.4 is 0 Å². The Balaban J connectivity index is 1.24. The van der Waals surface area contributed by atoms with Crippen molar-refractivity contribution in [1.82, 2.24) is 9.38 Å². The van der Waals surface area contributed by atoms with Crippen molar-refractivity contribution in [2.75, 3.05) is 0 Å². The van der Waals surface area contributed by atoms with Crippen LogP contribution in [-0.2, 0) is 0 Å². The number of nitrogens with zero attached hydrogens (tertiary/aromatic N) is 2. The van der Waals surface area contributed by atoms with E-state index >= 15 is 0 Å². The fraction of sp³-hybridized carbons (Fsp3) is 0. The summed E-state index contributed by atoms with van der Waals surface area (Å²) in [7, 11) is 0. The lowest BCUT2D eigenvalue weighted by molar-refractivity contribution is 0.656. The molecule has 164 valence electrons. The molecule has 0 aliphatic heterocycles. The van der Waals surface area contributed by atoms with E-state index in [-0.39, 0.29) is 0 Å². The molecule has 0 amide bonds. The summed E-state index contributed by atoms with van der Waals surface area (Å²) in [6, 6.07) is 33.4. The van der Waals surface area contributed by atoms with Crippen LogP contribution >= 0.6 is 0 Å². The van der Waals surface area contributed by atoms with Crippen LogP contribution in [0.1, 0.15) is 0 Å². The van der Waals surface area contributed by atoms with Crippen LogP contribution in [0.3, 0.4) is 0 Å². The lowest BCUT2D eigenvalue weighted by atomic mass is 10.0. The summed E-state index contributed by atoms with van der Waals surface area (Å²) >= 11 is 0. The molecule has 0 spiro atoms. The Bertz CT molecular complexity index is 2020. The maximum Gasteiger partial charge on any atom is 0.139 e. The van der Waals surface area contributed by atoms with Gasteiger partial charge in [0.05, 0.1) is 5.69 Å². The summed E-state index contributed by atoms with van der Waals surface area (Å²) in [6.45, 7) is 0. The molecule has 0 unspecified atom stereocenters. The molecule has 0 aliphatic rings. The fourth-order valence-electron chi connectivity index (χ4n) is 5.08. The highest BCUT2D eigenvalue weighted by molar-refractivity contribution is 6.15. The van der Waals surface area contributed by atoms with Crippen LogP contribution in [-0.4, -0.2) is 9.38 Å². The first-order valence-electron chi connectivity index (χ1n) is 11.6. The second-order valence-electron chi connectivity index (χ2n) is 8.93. The predicted octanol–water partition coefficient (Wildman–Crippen LogP) is 8.47. The van der Waals surface area contributed by atoms with E-state index in [1.54, 1.807) is 0 Å². The topological polar surface area (TPSA) is 43.6 Å². The van der Waals surface area contributed by atoms with E-state index in [0.29, 0.717) is 0 Å². The first-order valence-corrected chi connectivity index (χ1v) is 11.6. The maximum absolute atomic E-state index is 6.18. The largest absolute Gasteiger partial charge is 0.456 e. The summed E-state index contributed by atoms with van der Waals surface area (Å²) in [6.07, 6.45) is 4.08. The minimum absolute atomic E-state index is 0.839. The van der Waals surface area contributed by atoms with Crippen LogP contribution in [0.25, 0.3) is 71.9 Å². The summed E-state index contributed by atoms with van der Waals surface area (Å²) < 4.78 is 14.3. The smallest absolute Gasteiger partial charge is 0.139 e. The van der Waals surface area contributed by atoms with Crippen molar-refractivity contribution in [3.8, 4) is 22.4 Å². The van der Waals surface area contributed by atoms with Gasteiger partial charge >= 0.3 is 0 Å². The van der Waals surface area contributed by atoms with Crippen molar-refractivity contribution in [1.29, 1.82) is 0 Å². The molecule has 0 saturated heterocycles. The minimum atomic E-state index is 0.839. The van der Waals surface area contributed by atoms with E-state index in [9.17, 15) is 0 Å². The average Bonchev–Trinajstić information content (AvgIpc) is 3.59. The summed E-state index contributed by atoms with van der Waals surface area (Å²) in [4.78, 5) is 4.74. The maximum atomic E-state index is 6.18. The molecule has 0 fully saturated rings. The van der Waals surface area contributed by atoms with Crippen LogP contribution in [0.15, 0.2) is 118 Å². The van der Waals surface area contributed by atoms with Gasteiger partial charge in [0.2, 0.25) is 0 Å². The monoisotopic (exact) mass is 450 g/mol. The normalized spacial score (nSPS) is 12.0. The van der Waals surface area contributed by atoms with Crippen molar-refractivity contribution in [2.45, 2.75) is 0 Å². The van der Waals surface area contributed by atoms with Gasteiger partial charge in [-0.15, -0.1) is 0 Å². The molecule has 0 saturated carbocycles. The van der Waals surface area contributed by atoms with E-state index in [4.69, 9.17) is 13.8 Å². The lowest BCUT2D eigenvalue weighted by Crippen LogP contribution is -1.80. The van der Waals surface area contributed by atoms with Gasteiger partial charge < -0.3 is 13.2 Å². The zero-order valence-electron chi connectivity index (χ0n) is 18.6. The number of benzene rings is 4. The number of hydrogen-bond acceptors (Lipinski definition) is 3. The fourth-order valence-corrected chi connectivity index (χ4v) is 5.08. The molecule has 4 aromatic heterocycles. The minimum Gasteiger partial charge on any atom is -0.456 e. The highest BCUT2D eigenvalue weighted by atomic mass is 16.3. The molecule has 35 heavy (non-hydrogen) atoms. The van der Waals surface area contributed by atoms with Gasteiger partial charge in [0.25, 0.3) is 0 Å². The molecule has 4 heterocycles. The number of furan rings is 2. The zero-order chi connectivity index (χ0) is 22.9. The highest BCUT2D eigenvalue weighted by Crippen LogP contribution is 2.38. The van der Waals surface area contributed by atoms with Crippen LogP contribution in [0.2, 0.25) is 0 Å². The number of rotatable bonds is 2. The van der Waals surface area contributed by atoms with Crippen molar-refractivity contribution in [3.05, 3.63) is 109 Å². The third-order valence-corrected chi connectivity index (χ3v) is 6.85. The van der Waals surface area contributed by atoms with Crippen molar-refractivity contribution >= 4 is 49.5 Å². The molecular weight excluding hydrogens is 432 g/mol. The van der Waals surface area contributed by atoms with Crippen molar-refractivity contribution in [3.63, 3.8) is 0 Å². The number of pyridine rings is 1. The first-order chi connectivity index (χ1) is 17.3. The summed E-state index contributed by atoms with van der Waals surface area (Å²) in [5.74, 6) is 0. The molecule has 0 N–H and O–H groups in total. The number of aromatic nitrogens is 2. The number of fused-ring (bicyclic) bond motifs is 7. The van der Waals surface area contributed by atoms with Gasteiger partial charge in [-0.25, -0.2) is 4.98 Å². The van der Waals surface area contributed by atoms with Gasteiger partial charge in [-0.1, -0.05) is 54.6 Å². The zero-order valence-corrected chi connectivity index (χ0v) is 18.6. The molecule has 0 radical (unpaired) electrons.